The SMILES string of the molecule is COc1c(C)cc2c(c1O)[C@@H]1[C@@H]3[C@@H]4SCC(NC(=O)c5cnn(-c6ccccc6)c5C(F)(F)F)C(=O)OC[C@@H](c5c6c(c(C)c(OC(C)=O)c54)OCO6)N3[C@@H](O)[C@H](C2)N1C. The van der Waals surface area contributed by atoms with Gasteiger partial charge in [0, 0.05) is 41.0 Å². The predicted molar refractivity (Wildman–Crippen MR) is 206 cm³/mol. The predicted octanol–water partition coefficient (Wildman–Crippen LogP) is 4.66. The molecule has 3 N–H and O–H groups in total. The van der Waals surface area contributed by atoms with E-state index in [1.807, 2.05) is 29.8 Å². The number of piperazine rings is 1. The summed E-state index contributed by atoms with van der Waals surface area (Å²) in [7, 11) is 3.31. The molecule has 3 aromatic carbocycles. The van der Waals surface area contributed by atoms with Crippen molar-refractivity contribution in [3.63, 3.8) is 0 Å². The minimum Gasteiger partial charge on any atom is -0.504 e. The number of rotatable bonds is 5. The van der Waals surface area contributed by atoms with Crippen LogP contribution in [0, 0.1) is 13.8 Å². The van der Waals surface area contributed by atoms with Gasteiger partial charge in [-0.05, 0) is 50.6 Å². The van der Waals surface area contributed by atoms with E-state index in [0.717, 1.165) is 23.5 Å². The lowest BCUT2D eigenvalue weighted by molar-refractivity contribution is -0.184. The zero-order valence-corrected chi connectivity index (χ0v) is 33.7. The second-order valence-corrected chi connectivity index (χ2v) is 16.6. The molecule has 0 spiro atoms. The van der Waals surface area contributed by atoms with Crippen LogP contribution in [0.2, 0.25) is 0 Å². The van der Waals surface area contributed by atoms with Crippen molar-refractivity contribution < 1.29 is 61.5 Å². The number of likely N-dealkylation sites (N-methyl/N-ethyl adjacent to an activating group) is 1. The zero-order chi connectivity index (χ0) is 42.5. The summed E-state index contributed by atoms with van der Waals surface area (Å²) in [5.41, 5.74) is 1.39. The Bertz CT molecular complexity index is 2450. The molecule has 0 radical (unpaired) electrons. The number of phenolic OH excluding ortho intramolecular Hbond substituents is 1. The molecule has 15 nitrogen and oxygen atoms in total. The van der Waals surface area contributed by atoms with E-state index in [1.54, 1.807) is 13.0 Å². The molecule has 2 fully saturated rings. The molecule has 4 aromatic rings. The number of phenols is 1. The van der Waals surface area contributed by atoms with Crippen LogP contribution in [0.1, 0.15) is 73.7 Å². The fourth-order valence-corrected chi connectivity index (χ4v) is 11.2. The highest BCUT2D eigenvalue weighted by Gasteiger charge is 2.60. The number of aryl methyl sites for hydroxylation is 1. The molecule has 316 valence electrons. The number of fused-ring (bicyclic) bond motifs is 10. The summed E-state index contributed by atoms with van der Waals surface area (Å²) in [5, 5.41) is 30.0. The number of alkyl halides is 3. The number of nitrogens with zero attached hydrogens (tertiary/aromatic N) is 4. The maximum atomic E-state index is 14.6. The van der Waals surface area contributed by atoms with Gasteiger partial charge in [-0.1, -0.05) is 24.3 Å². The highest BCUT2D eigenvalue weighted by Crippen LogP contribution is 2.64. The lowest BCUT2D eigenvalue weighted by Crippen LogP contribution is -2.69. The first kappa shape index (κ1) is 39.9. The minimum atomic E-state index is -5.01. The molecule has 19 heteroatoms. The average Bonchev–Trinajstić information content (AvgIpc) is 3.89. The molecule has 1 unspecified atom stereocenters. The van der Waals surface area contributed by atoms with Crippen LogP contribution in [0.3, 0.4) is 0 Å². The first-order valence-corrected chi connectivity index (χ1v) is 20.2. The van der Waals surface area contributed by atoms with Crippen LogP contribution in [0.4, 0.5) is 13.2 Å². The van der Waals surface area contributed by atoms with Gasteiger partial charge in [0.15, 0.2) is 28.7 Å². The van der Waals surface area contributed by atoms with Crippen molar-refractivity contribution in [3.05, 3.63) is 87.2 Å². The number of aliphatic hydroxyl groups excluding tert-OH is 1. The summed E-state index contributed by atoms with van der Waals surface area (Å²) in [6.07, 6.45) is -5.04. The standard InChI is InChI=1S/C41H40F3N5O10S/c1-17-11-20-12-24-39(53)48-25-14-56-40(54)23(46-38(52)22-13-45-49(37(22)41(42,43)44)21-9-7-6-8-10-21)15-60-36(30(48)29(47(24)4)26(20)31(51)32(17)55-5)28-27(25)35-34(57-16-58-35)18(2)33(28)59-19(3)50/h6-11,13,23-25,29-30,36,39,51,53H,12,14-16H2,1-5H3,(H,46,52)/t23?,24-,25-,29+,30+,36+,39-/m0/s1. The lowest BCUT2D eigenvalue weighted by atomic mass is 9.73. The summed E-state index contributed by atoms with van der Waals surface area (Å²) in [6, 6.07) is 5.08. The Morgan fingerprint density at radius 3 is 2.48 bits per heavy atom. The Labute approximate surface area is 345 Å². The number of halogens is 3. The van der Waals surface area contributed by atoms with Crippen molar-refractivity contribution in [1.82, 2.24) is 24.9 Å². The molecule has 2 saturated heterocycles. The highest BCUT2D eigenvalue weighted by molar-refractivity contribution is 7.99. The molecule has 7 atom stereocenters. The van der Waals surface area contributed by atoms with Gasteiger partial charge in [0.25, 0.3) is 5.91 Å². The number of hydrogen-bond donors (Lipinski definition) is 3. The summed E-state index contributed by atoms with van der Waals surface area (Å²) >= 11 is 1.15. The molecule has 1 aromatic heterocycles. The number of nitrogens with one attached hydrogen (secondary N) is 1. The van der Waals surface area contributed by atoms with Crippen LogP contribution >= 0.6 is 11.8 Å². The number of ether oxygens (including phenoxy) is 5. The van der Waals surface area contributed by atoms with Crippen LogP contribution < -0.4 is 24.3 Å². The van der Waals surface area contributed by atoms with E-state index in [2.05, 4.69) is 10.4 Å². The molecule has 6 aliphatic rings. The summed E-state index contributed by atoms with van der Waals surface area (Å²) in [4.78, 5) is 44.6. The summed E-state index contributed by atoms with van der Waals surface area (Å²) in [5.74, 6) is -2.02. The van der Waals surface area contributed by atoms with E-state index < -0.39 is 83.6 Å². The number of aliphatic hydroxyl groups is 1. The van der Waals surface area contributed by atoms with E-state index in [0.29, 0.717) is 50.4 Å². The van der Waals surface area contributed by atoms with Crippen LogP contribution in [-0.4, -0.2) is 105 Å². The van der Waals surface area contributed by atoms with Gasteiger partial charge in [-0.25, -0.2) is 9.48 Å². The normalized spacial score (nSPS) is 25.8. The van der Waals surface area contributed by atoms with Gasteiger partial charge in [0.2, 0.25) is 6.79 Å². The van der Waals surface area contributed by atoms with Gasteiger partial charge >= 0.3 is 18.1 Å². The number of carbonyl (C=O) groups is 3. The number of amides is 1. The van der Waals surface area contributed by atoms with Crippen molar-refractivity contribution in [3.8, 4) is 34.4 Å². The summed E-state index contributed by atoms with van der Waals surface area (Å²) < 4.78 is 74.1. The van der Waals surface area contributed by atoms with Crippen molar-refractivity contribution in [2.24, 2.45) is 0 Å². The number of esters is 2. The van der Waals surface area contributed by atoms with Crippen molar-refractivity contribution in [1.29, 1.82) is 0 Å². The van der Waals surface area contributed by atoms with E-state index in [4.69, 9.17) is 23.7 Å². The van der Waals surface area contributed by atoms with Crippen molar-refractivity contribution >= 4 is 29.6 Å². The number of thioether (sulfide) groups is 1. The fraction of sp³-hybridized carbons (Fsp3) is 0.415. The van der Waals surface area contributed by atoms with Gasteiger partial charge in [-0.3, -0.25) is 19.4 Å². The van der Waals surface area contributed by atoms with E-state index in [-0.39, 0.29) is 35.5 Å². The van der Waals surface area contributed by atoms with Crippen molar-refractivity contribution in [2.45, 2.75) is 75.1 Å². The maximum Gasteiger partial charge on any atom is 0.434 e. The third-order valence-electron chi connectivity index (χ3n) is 12.1. The van der Waals surface area contributed by atoms with Gasteiger partial charge in [-0.2, -0.15) is 18.3 Å². The molecule has 60 heavy (non-hydrogen) atoms. The smallest absolute Gasteiger partial charge is 0.434 e. The molecule has 10 rings (SSSR count). The molecule has 1 amide bonds. The molecule has 0 saturated carbocycles. The molecular formula is C41H40F3N5O10S. The highest BCUT2D eigenvalue weighted by atomic mass is 32.2. The number of aromatic nitrogens is 2. The number of hydrogen-bond acceptors (Lipinski definition) is 14. The van der Waals surface area contributed by atoms with E-state index in [1.165, 1.54) is 38.3 Å². The molecule has 6 aliphatic heterocycles. The minimum absolute atomic E-state index is 0.0708. The Kier molecular flexibility index (Phi) is 9.72. The van der Waals surface area contributed by atoms with Crippen LogP contribution in [0.25, 0.3) is 5.69 Å². The number of methoxy groups -OCH3 is 1. The van der Waals surface area contributed by atoms with Gasteiger partial charge < -0.3 is 39.2 Å². The molecule has 4 bridgehead atoms. The Morgan fingerprint density at radius 2 is 1.78 bits per heavy atom. The Morgan fingerprint density at radius 1 is 1.05 bits per heavy atom. The van der Waals surface area contributed by atoms with Crippen LogP contribution in [0.5, 0.6) is 28.7 Å². The van der Waals surface area contributed by atoms with E-state index >= 15 is 0 Å². The van der Waals surface area contributed by atoms with Gasteiger partial charge in [0.1, 0.15) is 24.6 Å². The van der Waals surface area contributed by atoms with Gasteiger partial charge in [-0.15, -0.1) is 11.8 Å². The Balaban J connectivity index is 1.19. The third kappa shape index (κ3) is 6.07. The van der Waals surface area contributed by atoms with Crippen molar-refractivity contribution in [2.75, 3.05) is 33.3 Å². The quantitative estimate of drug-likeness (QED) is 0.187. The largest absolute Gasteiger partial charge is 0.504 e. The average molecular weight is 852 g/mol. The number of para-hydroxylation sites is 1. The second-order valence-electron chi connectivity index (χ2n) is 15.4. The topological polar surface area (TPSA) is 174 Å². The number of benzene rings is 3. The summed E-state index contributed by atoms with van der Waals surface area (Å²) in [6.45, 7) is 4.19. The van der Waals surface area contributed by atoms with Crippen LogP contribution in [0.15, 0.2) is 42.6 Å². The fourth-order valence-electron chi connectivity index (χ4n) is 9.67. The zero-order valence-electron chi connectivity index (χ0n) is 32.9. The van der Waals surface area contributed by atoms with E-state index in [9.17, 15) is 37.8 Å². The Hall–Kier alpha value is -5.50. The number of aromatic hydroxyl groups is 1. The number of carbonyl (C=O) groups excluding carboxylic acids is 3. The molecule has 0 aliphatic carbocycles. The first-order chi connectivity index (χ1) is 28.6. The maximum absolute atomic E-state index is 14.6. The monoisotopic (exact) mass is 851 g/mol. The second kappa shape index (κ2) is 14.6. The van der Waals surface area contributed by atoms with Gasteiger partial charge in [0.05, 0.1) is 47.9 Å². The first-order valence-electron chi connectivity index (χ1n) is 19.1. The molecular weight excluding hydrogens is 812 g/mol. The van der Waals surface area contributed by atoms with Crippen LogP contribution in [-0.2, 0) is 26.9 Å². The lowest BCUT2D eigenvalue weighted by Gasteiger charge is -2.62. The third-order valence-corrected chi connectivity index (χ3v) is 13.5. The molecule has 7 heterocycles.